The van der Waals surface area contributed by atoms with Crippen LogP contribution in [0.25, 0.3) is 0 Å². The SMILES string of the molecule is O=C(O)OC1(C(F)(F)F)COC1c1c(F)c(F)c(F)c(F)c1F. The van der Waals surface area contributed by atoms with Crippen molar-refractivity contribution in [1.82, 2.24) is 0 Å². The highest BCUT2D eigenvalue weighted by Gasteiger charge is 2.71. The number of hydrogen-bond donors (Lipinski definition) is 1. The minimum Gasteiger partial charge on any atom is -0.450 e. The molecule has 0 amide bonds. The molecule has 12 heteroatoms. The lowest BCUT2D eigenvalue weighted by Gasteiger charge is -2.47. The molecule has 1 aromatic rings. The number of carbonyl (C=O) groups is 1. The van der Waals surface area contributed by atoms with E-state index in [-0.39, 0.29) is 0 Å². The van der Waals surface area contributed by atoms with E-state index in [1.165, 1.54) is 0 Å². The van der Waals surface area contributed by atoms with Crippen LogP contribution in [0.4, 0.5) is 39.9 Å². The summed E-state index contributed by atoms with van der Waals surface area (Å²) in [6.07, 6.45) is -10.9. The first-order chi connectivity index (χ1) is 10.4. The number of benzene rings is 1. The molecular formula is C11H4F8O4. The molecule has 2 unspecified atom stereocenters. The zero-order valence-electron chi connectivity index (χ0n) is 10.5. The molecule has 0 aliphatic carbocycles. The fraction of sp³-hybridized carbons (Fsp3) is 0.364. The van der Waals surface area contributed by atoms with E-state index in [9.17, 15) is 39.9 Å². The van der Waals surface area contributed by atoms with Crippen molar-refractivity contribution in [2.75, 3.05) is 6.61 Å². The average Bonchev–Trinajstić information content (AvgIpc) is 2.42. The lowest BCUT2D eigenvalue weighted by molar-refractivity contribution is -0.369. The van der Waals surface area contributed by atoms with Crippen LogP contribution >= 0.6 is 0 Å². The monoisotopic (exact) mass is 352 g/mol. The molecule has 4 nitrogen and oxygen atoms in total. The third-order valence-corrected chi connectivity index (χ3v) is 3.14. The maximum Gasteiger partial charge on any atom is 0.506 e. The number of halogens is 8. The molecule has 1 fully saturated rings. The molecule has 2 rings (SSSR count). The van der Waals surface area contributed by atoms with Crippen LogP contribution in [0.3, 0.4) is 0 Å². The first-order valence-electron chi connectivity index (χ1n) is 5.55. The minimum atomic E-state index is -5.53. The van der Waals surface area contributed by atoms with E-state index < -0.39 is 65.3 Å². The van der Waals surface area contributed by atoms with E-state index in [2.05, 4.69) is 9.47 Å². The summed E-state index contributed by atoms with van der Waals surface area (Å²) in [6, 6.07) is 0. The van der Waals surface area contributed by atoms with Crippen LogP contribution in [0.5, 0.6) is 0 Å². The molecular weight excluding hydrogens is 348 g/mol. The summed E-state index contributed by atoms with van der Waals surface area (Å²) >= 11 is 0. The van der Waals surface area contributed by atoms with Gasteiger partial charge in [-0.2, -0.15) is 13.2 Å². The highest BCUT2D eigenvalue weighted by molar-refractivity contribution is 5.58. The second-order valence-electron chi connectivity index (χ2n) is 4.43. The second kappa shape index (κ2) is 5.22. The van der Waals surface area contributed by atoms with Crippen molar-refractivity contribution in [3.05, 3.63) is 34.6 Å². The third-order valence-electron chi connectivity index (χ3n) is 3.14. The van der Waals surface area contributed by atoms with Crippen LogP contribution in [-0.4, -0.2) is 29.6 Å². The maximum absolute atomic E-state index is 13.6. The largest absolute Gasteiger partial charge is 0.506 e. The van der Waals surface area contributed by atoms with Gasteiger partial charge in [-0.05, 0) is 0 Å². The molecule has 0 aromatic heterocycles. The highest BCUT2D eigenvalue weighted by Crippen LogP contribution is 2.53. The average molecular weight is 352 g/mol. The van der Waals surface area contributed by atoms with E-state index in [1.54, 1.807) is 0 Å². The van der Waals surface area contributed by atoms with Crippen LogP contribution in [-0.2, 0) is 9.47 Å². The van der Waals surface area contributed by atoms with Gasteiger partial charge in [0.2, 0.25) is 5.82 Å². The summed E-state index contributed by atoms with van der Waals surface area (Å²) < 4.78 is 113. The summed E-state index contributed by atoms with van der Waals surface area (Å²) in [5, 5.41) is 8.36. The Hall–Kier alpha value is -2.11. The normalized spacial score (nSPS) is 24.3. The summed E-state index contributed by atoms with van der Waals surface area (Å²) in [7, 11) is 0. The Bertz CT molecular complexity index is 644. The Morgan fingerprint density at radius 3 is 1.78 bits per heavy atom. The Labute approximate surface area is 121 Å². The van der Waals surface area contributed by atoms with Gasteiger partial charge >= 0.3 is 12.3 Å². The quantitative estimate of drug-likeness (QED) is 0.383. The van der Waals surface area contributed by atoms with Crippen LogP contribution in [0.15, 0.2) is 0 Å². The van der Waals surface area contributed by atoms with Gasteiger partial charge in [0.15, 0.2) is 23.3 Å². The van der Waals surface area contributed by atoms with Gasteiger partial charge in [0.1, 0.15) is 6.10 Å². The Balaban J connectivity index is 2.65. The molecule has 0 bridgehead atoms. The molecule has 1 N–H and O–H groups in total. The topological polar surface area (TPSA) is 55.8 Å². The van der Waals surface area contributed by atoms with Gasteiger partial charge in [0.05, 0.1) is 12.2 Å². The molecule has 23 heavy (non-hydrogen) atoms. The first-order valence-corrected chi connectivity index (χ1v) is 5.55. The first kappa shape index (κ1) is 17.2. The van der Waals surface area contributed by atoms with Gasteiger partial charge < -0.3 is 14.6 Å². The zero-order chi connectivity index (χ0) is 17.7. The molecule has 1 aliphatic heterocycles. The van der Waals surface area contributed by atoms with E-state index in [0.29, 0.717) is 0 Å². The molecule has 1 saturated heterocycles. The van der Waals surface area contributed by atoms with Gasteiger partial charge in [0, 0.05) is 0 Å². The third kappa shape index (κ3) is 2.36. The fourth-order valence-corrected chi connectivity index (χ4v) is 2.01. The van der Waals surface area contributed by atoms with Crippen LogP contribution in [0, 0.1) is 29.1 Å². The summed E-state index contributed by atoms with van der Waals surface area (Å²) in [4.78, 5) is 10.4. The van der Waals surface area contributed by atoms with Crippen molar-refractivity contribution < 1.29 is 54.5 Å². The van der Waals surface area contributed by atoms with Gasteiger partial charge in [0.25, 0.3) is 5.60 Å². The molecule has 1 aliphatic rings. The lowest BCUT2D eigenvalue weighted by Crippen LogP contribution is -2.64. The van der Waals surface area contributed by atoms with Gasteiger partial charge in [-0.3, -0.25) is 0 Å². The van der Waals surface area contributed by atoms with Crippen molar-refractivity contribution in [2.45, 2.75) is 17.9 Å². The van der Waals surface area contributed by atoms with E-state index in [1.807, 2.05) is 0 Å². The van der Waals surface area contributed by atoms with E-state index in [0.717, 1.165) is 0 Å². The standard InChI is InChI=1S/C11H4F8O4/c12-3-2(4(13)6(15)7(16)5(3)14)8-10(1-22-8,11(17,18)19)23-9(20)21/h8H,1H2,(H,20,21). The van der Waals surface area contributed by atoms with Crippen molar-refractivity contribution in [2.24, 2.45) is 0 Å². The van der Waals surface area contributed by atoms with Gasteiger partial charge in [-0.1, -0.05) is 0 Å². The van der Waals surface area contributed by atoms with E-state index in [4.69, 9.17) is 5.11 Å². The number of carboxylic acid groups (broad SMARTS) is 1. The van der Waals surface area contributed by atoms with Crippen molar-refractivity contribution in [3.63, 3.8) is 0 Å². The zero-order valence-corrected chi connectivity index (χ0v) is 10.5. The Morgan fingerprint density at radius 2 is 1.48 bits per heavy atom. The highest BCUT2D eigenvalue weighted by atomic mass is 19.4. The number of rotatable bonds is 2. The van der Waals surface area contributed by atoms with Crippen LogP contribution in [0.1, 0.15) is 11.7 Å². The fourth-order valence-electron chi connectivity index (χ4n) is 2.01. The van der Waals surface area contributed by atoms with Crippen molar-refractivity contribution >= 4 is 6.16 Å². The molecule has 0 radical (unpaired) electrons. The maximum atomic E-state index is 13.6. The molecule has 0 saturated carbocycles. The predicted octanol–water partition coefficient (Wildman–Crippen LogP) is 3.45. The molecule has 2 atom stereocenters. The smallest absolute Gasteiger partial charge is 0.450 e. The number of ether oxygens (including phenoxy) is 2. The minimum absolute atomic E-state index is 1.51. The predicted molar refractivity (Wildman–Crippen MR) is 52.8 cm³/mol. The lowest BCUT2D eigenvalue weighted by atomic mass is 9.85. The molecule has 128 valence electrons. The summed E-state index contributed by atoms with van der Waals surface area (Å²) in [5.41, 5.74) is -5.76. The number of hydrogen-bond acceptors (Lipinski definition) is 3. The van der Waals surface area contributed by atoms with Crippen molar-refractivity contribution in [3.8, 4) is 0 Å². The Morgan fingerprint density at radius 1 is 1.04 bits per heavy atom. The summed E-state index contributed by atoms with van der Waals surface area (Å²) in [6.45, 7) is -1.51. The van der Waals surface area contributed by atoms with E-state index >= 15 is 0 Å². The Kier molecular flexibility index (Phi) is 3.91. The molecule has 0 spiro atoms. The van der Waals surface area contributed by atoms with Crippen molar-refractivity contribution in [1.29, 1.82) is 0 Å². The van der Waals surface area contributed by atoms with Crippen LogP contribution < -0.4 is 0 Å². The molecule has 1 heterocycles. The molecule has 1 aromatic carbocycles. The van der Waals surface area contributed by atoms with Crippen LogP contribution in [0.2, 0.25) is 0 Å². The summed E-state index contributed by atoms with van der Waals surface area (Å²) in [5.74, 6) is -12.7. The van der Waals surface area contributed by atoms with Gasteiger partial charge in [-0.25, -0.2) is 26.7 Å². The van der Waals surface area contributed by atoms with Gasteiger partial charge in [-0.15, -0.1) is 0 Å². The number of alkyl halides is 3. The second-order valence-corrected chi connectivity index (χ2v) is 4.43.